The number of ether oxygens (including phenoxy) is 2. The number of rotatable bonds is 11. The van der Waals surface area contributed by atoms with E-state index in [0.29, 0.717) is 6.61 Å². The molecule has 0 bridgehead atoms. The molecule has 0 aliphatic heterocycles. The third kappa shape index (κ3) is 13.3. The highest BCUT2D eigenvalue weighted by Gasteiger charge is 2.00. The number of methoxy groups -OCH3 is 1. The van der Waals surface area contributed by atoms with Crippen LogP contribution in [0.4, 0.5) is 0 Å². The lowest BCUT2D eigenvalue weighted by Crippen LogP contribution is -2.18. The van der Waals surface area contributed by atoms with Crippen molar-refractivity contribution in [2.75, 3.05) is 33.4 Å². The molecular weight excluding hydrogens is 218 g/mol. The second-order valence-electron chi connectivity index (χ2n) is 4.65. The van der Waals surface area contributed by atoms with Gasteiger partial charge >= 0.3 is 5.97 Å². The maximum atomic E-state index is 10.9. The summed E-state index contributed by atoms with van der Waals surface area (Å²) >= 11 is 0. The normalized spacial score (nSPS) is 10.8. The van der Waals surface area contributed by atoms with Gasteiger partial charge in [-0.15, -0.1) is 0 Å². The molecule has 1 N–H and O–H groups in total. The molecule has 0 saturated carbocycles. The Balaban J connectivity index is 3.06. The van der Waals surface area contributed by atoms with Crippen LogP contribution < -0.4 is 5.32 Å². The number of hydrogen-bond donors (Lipinski definition) is 1. The molecule has 0 saturated heterocycles. The minimum atomic E-state index is -0.275. The number of unbranched alkanes of at least 4 members (excludes halogenated alkanes) is 2. The largest absolute Gasteiger partial charge is 0.464 e. The fourth-order valence-corrected chi connectivity index (χ4v) is 1.39. The molecule has 0 radical (unpaired) electrons. The van der Waals surface area contributed by atoms with Crippen molar-refractivity contribution in [3.63, 3.8) is 0 Å². The van der Waals surface area contributed by atoms with Crippen LogP contribution in [0.15, 0.2) is 0 Å². The van der Waals surface area contributed by atoms with Crippen LogP contribution in [0, 0.1) is 5.92 Å². The maximum Gasteiger partial charge on any atom is 0.332 e. The molecule has 0 amide bonds. The summed E-state index contributed by atoms with van der Waals surface area (Å²) in [6.07, 6.45) is 4.39. The molecular formula is C13H27NO3. The van der Waals surface area contributed by atoms with Crippen LogP contribution in [0.25, 0.3) is 0 Å². The van der Waals surface area contributed by atoms with Crippen molar-refractivity contribution in [2.45, 2.75) is 39.5 Å². The predicted octanol–water partition coefficient (Wildman–Crippen LogP) is 1.98. The molecule has 0 atom stereocenters. The van der Waals surface area contributed by atoms with Crippen molar-refractivity contribution in [1.82, 2.24) is 5.32 Å². The average molecular weight is 245 g/mol. The van der Waals surface area contributed by atoms with Crippen molar-refractivity contribution in [3.8, 4) is 0 Å². The Bertz CT molecular complexity index is 184. The lowest BCUT2D eigenvalue weighted by atomic mass is 10.1. The standard InChI is InChI=1S/C13H27NO3/c1-12(2)7-9-14-8-5-4-6-10-17-13(15)11-16-3/h12,14H,4-11H2,1-3H3. The van der Waals surface area contributed by atoms with Gasteiger partial charge in [-0.25, -0.2) is 4.79 Å². The number of nitrogens with one attached hydrogen (secondary N) is 1. The second kappa shape index (κ2) is 11.9. The van der Waals surface area contributed by atoms with Gasteiger partial charge in [0.25, 0.3) is 0 Å². The van der Waals surface area contributed by atoms with E-state index in [1.807, 2.05) is 0 Å². The van der Waals surface area contributed by atoms with Crippen LogP contribution in [-0.2, 0) is 14.3 Å². The second-order valence-corrected chi connectivity index (χ2v) is 4.65. The van der Waals surface area contributed by atoms with Crippen LogP contribution in [0.5, 0.6) is 0 Å². The van der Waals surface area contributed by atoms with E-state index in [9.17, 15) is 4.79 Å². The number of carbonyl (C=O) groups excluding carboxylic acids is 1. The third-order valence-electron chi connectivity index (χ3n) is 2.42. The molecule has 4 nitrogen and oxygen atoms in total. The van der Waals surface area contributed by atoms with E-state index in [0.717, 1.165) is 38.3 Å². The molecule has 0 fully saturated rings. The van der Waals surface area contributed by atoms with E-state index in [1.165, 1.54) is 13.5 Å². The van der Waals surface area contributed by atoms with Crippen LogP contribution in [0.3, 0.4) is 0 Å². The van der Waals surface area contributed by atoms with Gasteiger partial charge < -0.3 is 14.8 Å². The van der Waals surface area contributed by atoms with Gasteiger partial charge in [0.15, 0.2) is 0 Å². The van der Waals surface area contributed by atoms with Gasteiger partial charge in [-0.3, -0.25) is 0 Å². The van der Waals surface area contributed by atoms with Gasteiger partial charge in [0.2, 0.25) is 0 Å². The summed E-state index contributed by atoms with van der Waals surface area (Å²) in [6, 6.07) is 0. The Morgan fingerprint density at radius 3 is 2.59 bits per heavy atom. The minimum Gasteiger partial charge on any atom is -0.464 e. The monoisotopic (exact) mass is 245 g/mol. The molecule has 4 heteroatoms. The summed E-state index contributed by atoms with van der Waals surface area (Å²) in [5.74, 6) is 0.491. The van der Waals surface area contributed by atoms with Crippen molar-refractivity contribution in [3.05, 3.63) is 0 Å². The van der Waals surface area contributed by atoms with E-state index in [1.54, 1.807) is 0 Å². The SMILES string of the molecule is COCC(=O)OCCCCCNCCC(C)C. The average Bonchev–Trinajstić information content (AvgIpc) is 2.27. The number of carbonyl (C=O) groups is 1. The van der Waals surface area contributed by atoms with Gasteiger partial charge in [-0.2, -0.15) is 0 Å². The highest BCUT2D eigenvalue weighted by molar-refractivity contribution is 5.70. The molecule has 102 valence electrons. The molecule has 0 aliphatic rings. The van der Waals surface area contributed by atoms with E-state index in [-0.39, 0.29) is 12.6 Å². The van der Waals surface area contributed by atoms with E-state index in [2.05, 4.69) is 23.9 Å². The summed E-state index contributed by atoms with van der Waals surface area (Å²) in [5, 5.41) is 3.41. The first-order valence-electron chi connectivity index (χ1n) is 6.52. The van der Waals surface area contributed by atoms with Crippen LogP contribution in [0.2, 0.25) is 0 Å². The quantitative estimate of drug-likeness (QED) is 0.447. The van der Waals surface area contributed by atoms with Gasteiger partial charge in [0.1, 0.15) is 6.61 Å². The highest BCUT2D eigenvalue weighted by atomic mass is 16.6. The smallest absolute Gasteiger partial charge is 0.332 e. The lowest BCUT2D eigenvalue weighted by molar-refractivity contribution is -0.148. The van der Waals surface area contributed by atoms with Crippen LogP contribution >= 0.6 is 0 Å². The predicted molar refractivity (Wildman–Crippen MR) is 69.0 cm³/mol. The topological polar surface area (TPSA) is 47.6 Å². The molecule has 0 rings (SSSR count). The molecule has 0 aromatic rings. The van der Waals surface area contributed by atoms with Crippen molar-refractivity contribution in [2.24, 2.45) is 5.92 Å². The van der Waals surface area contributed by atoms with Crippen molar-refractivity contribution < 1.29 is 14.3 Å². The third-order valence-corrected chi connectivity index (χ3v) is 2.42. The Morgan fingerprint density at radius 1 is 1.18 bits per heavy atom. The maximum absolute atomic E-state index is 10.9. The molecule has 0 heterocycles. The van der Waals surface area contributed by atoms with Crippen molar-refractivity contribution in [1.29, 1.82) is 0 Å². The van der Waals surface area contributed by atoms with Gasteiger partial charge in [0.05, 0.1) is 6.61 Å². The Hall–Kier alpha value is -0.610. The molecule has 0 aromatic carbocycles. The first kappa shape index (κ1) is 16.4. The lowest BCUT2D eigenvalue weighted by Gasteiger charge is -2.07. The first-order valence-corrected chi connectivity index (χ1v) is 6.52. The van der Waals surface area contributed by atoms with Crippen LogP contribution in [-0.4, -0.2) is 39.4 Å². The summed E-state index contributed by atoms with van der Waals surface area (Å²) in [5.41, 5.74) is 0. The molecule has 0 aliphatic carbocycles. The molecule has 0 spiro atoms. The zero-order valence-corrected chi connectivity index (χ0v) is 11.5. The zero-order chi connectivity index (χ0) is 12.9. The Kier molecular flexibility index (Phi) is 11.4. The zero-order valence-electron chi connectivity index (χ0n) is 11.5. The summed E-state index contributed by atoms with van der Waals surface area (Å²) in [7, 11) is 1.49. The Labute approximate surface area is 105 Å². The van der Waals surface area contributed by atoms with Gasteiger partial charge in [-0.1, -0.05) is 13.8 Å². The van der Waals surface area contributed by atoms with Crippen LogP contribution in [0.1, 0.15) is 39.5 Å². The number of esters is 1. The highest BCUT2D eigenvalue weighted by Crippen LogP contribution is 1.98. The van der Waals surface area contributed by atoms with Gasteiger partial charge in [0, 0.05) is 7.11 Å². The fraction of sp³-hybridized carbons (Fsp3) is 0.923. The molecule has 0 unspecified atom stereocenters. The first-order chi connectivity index (χ1) is 8.16. The van der Waals surface area contributed by atoms with E-state index < -0.39 is 0 Å². The molecule has 0 aromatic heterocycles. The Morgan fingerprint density at radius 2 is 1.94 bits per heavy atom. The fourth-order valence-electron chi connectivity index (χ4n) is 1.39. The van der Waals surface area contributed by atoms with E-state index in [4.69, 9.17) is 4.74 Å². The number of hydrogen-bond acceptors (Lipinski definition) is 4. The molecule has 17 heavy (non-hydrogen) atoms. The summed E-state index contributed by atoms with van der Waals surface area (Å²) in [4.78, 5) is 10.9. The van der Waals surface area contributed by atoms with Gasteiger partial charge in [-0.05, 0) is 44.7 Å². The summed E-state index contributed by atoms with van der Waals surface area (Å²) < 4.78 is 9.62. The minimum absolute atomic E-state index is 0.0523. The van der Waals surface area contributed by atoms with Crippen molar-refractivity contribution >= 4 is 5.97 Å². The van der Waals surface area contributed by atoms with E-state index >= 15 is 0 Å². The summed E-state index contributed by atoms with van der Waals surface area (Å²) in [6.45, 7) is 7.18.